The van der Waals surface area contributed by atoms with E-state index in [9.17, 15) is 4.39 Å². The third-order valence-electron chi connectivity index (χ3n) is 4.04. The molecule has 1 aliphatic heterocycles. The molecule has 23 heavy (non-hydrogen) atoms. The number of likely N-dealkylation sites (tertiary alicyclic amines) is 1. The first-order valence-electron chi connectivity index (χ1n) is 8.17. The molecule has 0 unspecified atom stereocenters. The van der Waals surface area contributed by atoms with Crippen molar-refractivity contribution in [2.24, 2.45) is 0 Å². The summed E-state index contributed by atoms with van der Waals surface area (Å²) in [7, 11) is 3.16. The van der Waals surface area contributed by atoms with Crippen LogP contribution in [0.25, 0.3) is 0 Å². The molecule has 1 heterocycles. The van der Waals surface area contributed by atoms with Gasteiger partial charge in [0.15, 0.2) is 17.9 Å². The summed E-state index contributed by atoms with van der Waals surface area (Å²) in [5, 5.41) is 3.15. The normalized spacial score (nSPS) is 15.8. The fraction of sp³-hybridized carbons (Fsp3) is 0.647. The molecule has 0 amide bonds. The second-order valence-electron chi connectivity index (χ2n) is 5.68. The Kier molecular flexibility index (Phi) is 7.58. The number of hydrogen-bond donors (Lipinski definition) is 1. The van der Waals surface area contributed by atoms with Gasteiger partial charge in [0.25, 0.3) is 0 Å². The van der Waals surface area contributed by atoms with E-state index in [-0.39, 0.29) is 17.9 Å². The molecule has 0 radical (unpaired) electrons. The number of hydrogen-bond acceptors (Lipinski definition) is 5. The molecule has 1 aromatic carbocycles. The molecule has 0 aromatic heterocycles. The second kappa shape index (κ2) is 9.70. The smallest absolute Gasteiger partial charge is 0.173 e. The van der Waals surface area contributed by atoms with Gasteiger partial charge in [0, 0.05) is 32.5 Å². The largest absolute Gasteiger partial charge is 0.489 e. The lowest BCUT2D eigenvalue weighted by Crippen LogP contribution is -2.33. The number of ether oxygens (including phenoxy) is 3. The van der Waals surface area contributed by atoms with Crippen molar-refractivity contribution in [2.75, 3.05) is 52.3 Å². The molecule has 1 aromatic rings. The average Bonchev–Trinajstić information content (AvgIpc) is 2.59. The number of piperidine rings is 1. The molecule has 1 aliphatic rings. The molecule has 0 spiro atoms. The summed E-state index contributed by atoms with van der Waals surface area (Å²) in [6.07, 6.45) is 3.45. The topological polar surface area (TPSA) is 43.0 Å². The summed E-state index contributed by atoms with van der Waals surface area (Å²) in [6, 6.07) is 4.76. The van der Waals surface area contributed by atoms with Gasteiger partial charge in [0.1, 0.15) is 6.61 Å². The molecule has 1 saturated heterocycles. The third-order valence-corrected chi connectivity index (χ3v) is 4.04. The van der Waals surface area contributed by atoms with Crippen molar-refractivity contribution in [2.45, 2.75) is 25.6 Å². The van der Waals surface area contributed by atoms with Gasteiger partial charge in [-0.1, -0.05) is 6.42 Å². The average molecular weight is 326 g/mol. The number of benzene rings is 1. The molecule has 0 saturated carbocycles. The third kappa shape index (κ3) is 5.97. The van der Waals surface area contributed by atoms with Crippen LogP contribution in [0.5, 0.6) is 5.75 Å². The predicted octanol–water partition coefficient (Wildman–Crippen LogP) is 2.72. The van der Waals surface area contributed by atoms with Gasteiger partial charge in [0.2, 0.25) is 0 Å². The van der Waals surface area contributed by atoms with Crippen LogP contribution < -0.4 is 10.1 Å². The Hall–Kier alpha value is -1.37. The molecule has 6 heteroatoms. The number of nitrogens with zero attached hydrogens (tertiary/aromatic N) is 1. The van der Waals surface area contributed by atoms with E-state index in [1.54, 1.807) is 26.4 Å². The van der Waals surface area contributed by atoms with E-state index in [0.29, 0.717) is 13.2 Å². The minimum atomic E-state index is -0.344. The summed E-state index contributed by atoms with van der Waals surface area (Å²) >= 11 is 0. The summed E-state index contributed by atoms with van der Waals surface area (Å²) in [6.45, 7) is 4.04. The lowest BCUT2D eigenvalue weighted by Gasteiger charge is -2.26. The Balaban J connectivity index is 1.81. The van der Waals surface area contributed by atoms with Crippen LogP contribution in [-0.2, 0) is 9.47 Å². The predicted molar refractivity (Wildman–Crippen MR) is 88.5 cm³/mol. The minimum absolute atomic E-state index is 0.276. The molecule has 1 N–H and O–H groups in total. The van der Waals surface area contributed by atoms with Crippen molar-refractivity contribution in [3.05, 3.63) is 24.0 Å². The van der Waals surface area contributed by atoms with Gasteiger partial charge in [-0.05, 0) is 38.1 Å². The molecule has 5 nitrogen and oxygen atoms in total. The van der Waals surface area contributed by atoms with E-state index in [2.05, 4.69) is 10.2 Å². The zero-order valence-corrected chi connectivity index (χ0v) is 14.0. The summed E-state index contributed by atoms with van der Waals surface area (Å²) < 4.78 is 29.7. The van der Waals surface area contributed by atoms with Crippen LogP contribution in [0.1, 0.15) is 19.3 Å². The van der Waals surface area contributed by atoms with Crippen LogP contribution in [0.3, 0.4) is 0 Å². The lowest BCUT2D eigenvalue weighted by molar-refractivity contribution is -0.0914. The molecule has 0 atom stereocenters. The minimum Gasteiger partial charge on any atom is -0.489 e. The Labute approximate surface area is 137 Å². The highest BCUT2D eigenvalue weighted by molar-refractivity contribution is 5.48. The van der Waals surface area contributed by atoms with Crippen LogP contribution in [0.15, 0.2) is 18.2 Å². The van der Waals surface area contributed by atoms with Gasteiger partial charge in [0.05, 0.1) is 6.54 Å². The first-order valence-corrected chi connectivity index (χ1v) is 8.17. The number of nitrogens with one attached hydrogen (secondary N) is 1. The fourth-order valence-corrected chi connectivity index (χ4v) is 2.66. The van der Waals surface area contributed by atoms with E-state index >= 15 is 0 Å². The van der Waals surface area contributed by atoms with Gasteiger partial charge < -0.3 is 19.5 Å². The molecule has 130 valence electrons. The van der Waals surface area contributed by atoms with Gasteiger partial charge in [-0.3, -0.25) is 4.90 Å². The highest BCUT2D eigenvalue weighted by atomic mass is 19.1. The SMILES string of the molecule is COC(CNc1ccc(F)c(OCCN2CCCCC2)c1)OC. The number of rotatable bonds is 9. The van der Waals surface area contributed by atoms with Crippen LogP contribution in [0.4, 0.5) is 10.1 Å². The van der Waals surface area contributed by atoms with E-state index in [4.69, 9.17) is 14.2 Å². The number of halogens is 1. The van der Waals surface area contributed by atoms with Crippen molar-refractivity contribution >= 4 is 5.69 Å². The van der Waals surface area contributed by atoms with E-state index in [0.717, 1.165) is 25.3 Å². The van der Waals surface area contributed by atoms with Crippen LogP contribution in [0, 0.1) is 5.82 Å². The number of anilines is 1. The number of methoxy groups -OCH3 is 2. The molecule has 2 rings (SSSR count). The summed E-state index contributed by atoms with van der Waals surface area (Å²) in [5.74, 6) is -0.0670. The van der Waals surface area contributed by atoms with Crippen LogP contribution >= 0.6 is 0 Å². The molecule has 0 aliphatic carbocycles. The quantitative estimate of drug-likeness (QED) is 0.707. The Morgan fingerprint density at radius 3 is 2.61 bits per heavy atom. The van der Waals surface area contributed by atoms with E-state index < -0.39 is 0 Å². The van der Waals surface area contributed by atoms with Crippen molar-refractivity contribution in [3.8, 4) is 5.75 Å². The summed E-state index contributed by atoms with van der Waals surface area (Å²) in [5.41, 5.74) is 0.776. The van der Waals surface area contributed by atoms with E-state index in [1.807, 2.05) is 0 Å². The first kappa shape index (κ1) is 18.0. The standard InChI is InChI=1S/C17H27FN2O3/c1-21-17(22-2)13-19-14-6-7-15(18)16(12-14)23-11-10-20-8-4-3-5-9-20/h6-7,12,17,19H,3-5,8-11,13H2,1-2H3. The van der Waals surface area contributed by atoms with E-state index in [1.165, 1.54) is 25.3 Å². The Morgan fingerprint density at radius 2 is 1.91 bits per heavy atom. The first-order chi connectivity index (χ1) is 11.2. The highest BCUT2D eigenvalue weighted by Gasteiger charge is 2.11. The molecular weight excluding hydrogens is 299 g/mol. The van der Waals surface area contributed by atoms with Gasteiger partial charge >= 0.3 is 0 Å². The highest BCUT2D eigenvalue weighted by Crippen LogP contribution is 2.22. The second-order valence-corrected chi connectivity index (χ2v) is 5.68. The van der Waals surface area contributed by atoms with Crippen LogP contribution in [0.2, 0.25) is 0 Å². The fourth-order valence-electron chi connectivity index (χ4n) is 2.66. The van der Waals surface area contributed by atoms with Gasteiger partial charge in [-0.2, -0.15) is 0 Å². The van der Waals surface area contributed by atoms with Gasteiger partial charge in [-0.15, -0.1) is 0 Å². The molecule has 1 fully saturated rings. The zero-order valence-electron chi connectivity index (χ0n) is 14.0. The van der Waals surface area contributed by atoms with Crippen molar-refractivity contribution in [3.63, 3.8) is 0 Å². The Bertz CT molecular complexity index is 463. The summed E-state index contributed by atoms with van der Waals surface area (Å²) in [4.78, 5) is 2.37. The lowest BCUT2D eigenvalue weighted by atomic mass is 10.1. The van der Waals surface area contributed by atoms with Crippen molar-refractivity contribution in [1.82, 2.24) is 4.90 Å². The van der Waals surface area contributed by atoms with Gasteiger partial charge in [-0.25, -0.2) is 4.39 Å². The van der Waals surface area contributed by atoms with Crippen LogP contribution in [-0.4, -0.2) is 58.2 Å². The molecule has 0 bridgehead atoms. The van der Waals surface area contributed by atoms with Crippen molar-refractivity contribution in [1.29, 1.82) is 0 Å². The monoisotopic (exact) mass is 326 g/mol. The maximum atomic E-state index is 13.9. The maximum Gasteiger partial charge on any atom is 0.173 e. The maximum absolute atomic E-state index is 13.9. The van der Waals surface area contributed by atoms with Crippen molar-refractivity contribution < 1.29 is 18.6 Å². The molecular formula is C17H27FN2O3. The Morgan fingerprint density at radius 1 is 1.17 bits per heavy atom. The zero-order chi connectivity index (χ0) is 16.5.